The van der Waals surface area contributed by atoms with E-state index >= 15 is 0 Å². The van der Waals surface area contributed by atoms with Gasteiger partial charge in [-0.15, -0.1) is 0 Å². The van der Waals surface area contributed by atoms with Crippen LogP contribution in [0.15, 0.2) is 28.6 Å². The molecule has 7 N–H and O–H groups in total. The standard InChI is InChI=1S/C13H16N8O6S2/c14-10-7-11(17-4-16-10)21(20-12(7)28-5-1-18-19-2-5)13-9(23)8(22)6(27-13)3-26-29(15,24)25/h1-2,4,6,8-9,13,22-23H,3H2,(H,18,19)(H2,14,16,17)(H2,15,24,25)/t6-,8-,9-,13-/m1/s1. The lowest BCUT2D eigenvalue weighted by atomic mass is 10.1. The van der Waals surface area contributed by atoms with E-state index in [4.69, 9.17) is 15.6 Å². The molecule has 1 aliphatic rings. The maximum absolute atomic E-state index is 11.0. The van der Waals surface area contributed by atoms with E-state index in [1.54, 1.807) is 12.4 Å². The molecule has 29 heavy (non-hydrogen) atoms. The third kappa shape index (κ3) is 3.90. The number of nitrogens with two attached hydrogens (primary N) is 2. The van der Waals surface area contributed by atoms with Crippen LogP contribution in [0, 0.1) is 0 Å². The van der Waals surface area contributed by atoms with Gasteiger partial charge in [0.15, 0.2) is 11.9 Å². The number of H-pyrrole nitrogens is 1. The first-order valence-corrected chi connectivity index (χ1v) is 10.4. The number of nitrogens with one attached hydrogen (secondary N) is 1. The summed E-state index contributed by atoms with van der Waals surface area (Å²) >= 11 is 1.23. The van der Waals surface area contributed by atoms with Crippen molar-refractivity contribution in [3.63, 3.8) is 0 Å². The molecule has 0 spiro atoms. The maximum Gasteiger partial charge on any atom is 0.333 e. The van der Waals surface area contributed by atoms with Crippen molar-refractivity contribution in [2.24, 2.45) is 5.14 Å². The summed E-state index contributed by atoms with van der Waals surface area (Å²) in [7, 11) is -4.24. The van der Waals surface area contributed by atoms with Crippen molar-refractivity contribution in [2.45, 2.75) is 34.5 Å². The van der Waals surface area contributed by atoms with Crippen LogP contribution in [0.1, 0.15) is 6.23 Å². The summed E-state index contributed by atoms with van der Waals surface area (Å²) in [5.41, 5.74) is 6.25. The van der Waals surface area contributed by atoms with Gasteiger partial charge in [0.25, 0.3) is 0 Å². The Bertz CT molecular complexity index is 1120. The fourth-order valence-corrected chi connectivity index (χ4v) is 4.04. The van der Waals surface area contributed by atoms with Crippen LogP contribution in [0.4, 0.5) is 5.82 Å². The lowest BCUT2D eigenvalue weighted by molar-refractivity contribution is -0.0531. The van der Waals surface area contributed by atoms with Crippen molar-refractivity contribution < 1.29 is 27.6 Å². The van der Waals surface area contributed by atoms with Crippen molar-refractivity contribution in [3.05, 3.63) is 18.7 Å². The van der Waals surface area contributed by atoms with Gasteiger partial charge in [-0.2, -0.15) is 18.6 Å². The number of ether oxygens (including phenoxy) is 1. The molecule has 3 aromatic heterocycles. The molecule has 3 aromatic rings. The molecule has 4 atom stereocenters. The molecule has 4 rings (SSSR count). The topological polar surface area (TPSA) is 217 Å². The number of hydrogen-bond acceptors (Lipinski definition) is 12. The predicted octanol–water partition coefficient (Wildman–Crippen LogP) is -1.88. The molecule has 0 unspecified atom stereocenters. The molecule has 0 saturated carbocycles. The van der Waals surface area contributed by atoms with E-state index in [0.717, 1.165) is 4.90 Å². The number of rotatable bonds is 6. The molecule has 14 nitrogen and oxygen atoms in total. The molecule has 0 aromatic carbocycles. The summed E-state index contributed by atoms with van der Waals surface area (Å²) in [6.07, 6.45) is -0.796. The number of nitrogens with zero attached hydrogens (tertiary/aromatic N) is 5. The maximum atomic E-state index is 11.0. The lowest BCUT2D eigenvalue weighted by Gasteiger charge is -2.15. The highest BCUT2D eigenvalue weighted by molar-refractivity contribution is 7.99. The van der Waals surface area contributed by atoms with Crippen molar-refractivity contribution in [3.8, 4) is 0 Å². The van der Waals surface area contributed by atoms with Gasteiger partial charge in [0.2, 0.25) is 0 Å². The molecule has 1 saturated heterocycles. The summed E-state index contributed by atoms with van der Waals surface area (Å²) in [4.78, 5) is 8.87. The quantitative estimate of drug-likeness (QED) is 0.282. The van der Waals surface area contributed by atoms with E-state index in [-0.39, 0.29) is 11.5 Å². The van der Waals surface area contributed by atoms with Gasteiger partial charge in [-0.3, -0.25) is 9.28 Å². The van der Waals surface area contributed by atoms with E-state index in [1.165, 1.54) is 22.8 Å². The Hall–Kier alpha value is -2.34. The second kappa shape index (κ2) is 7.48. The summed E-state index contributed by atoms with van der Waals surface area (Å²) in [5.74, 6) is 0.161. The highest BCUT2D eigenvalue weighted by Crippen LogP contribution is 2.38. The molecule has 1 fully saturated rings. The minimum absolute atomic E-state index is 0.161. The van der Waals surface area contributed by atoms with Crippen LogP contribution in [0.3, 0.4) is 0 Å². The lowest BCUT2D eigenvalue weighted by Crippen LogP contribution is -2.35. The van der Waals surface area contributed by atoms with Gasteiger partial charge in [0.05, 0.1) is 23.1 Å². The fourth-order valence-electron chi connectivity index (χ4n) is 2.85. The zero-order valence-electron chi connectivity index (χ0n) is 14.5. The first-order chi connectivity index (χ1) is 13.7. The summed E-state index contributed by atoms with van der Waals surface area (Å²) in [5, 5.41) is 37.3. The Morgan fingerprint density at radius 1 is 1.34 bits per heavy atom. The molecular weight excluding hydrogens is 428 g/mol. The van der Waals surface area contributed by atoms with Gasteiger partial charge in [-0.25, -0.2) is 19.8 Å². The number of aliphatic hydroxyl groups is 2. The summed E-state index contributed by atoms with van der Waals surface area (Å²) < 4.78 is 33.3. The Balaban J connectivity index is 1.69. The van der Waals surface area contributed by atoms with Crippen molar-refractivity contribution in [2.75, 3.05) is 12.3 Å². The summed E-state index contributed by atoms with van der Waals surface area (Å²) in [6.45, 7) is -0.583. The van der Waals surface area contributed by atoms with Crippen molar-refractivity contribution >= 4 is 38.9 Å². The average Bonchev–Trinajstić information content (AvgIpc) is 3.35. The third-order valence-corrected chi connectivity index (χ3v) is 5.55. The third-order valence-electron chi connectivity index (χ3n) is 4.15. The minimum Gasteiger partial charge on any atom is -0.387 e. The van der Waals surface area contributed by atoms with E-state index in [9.17, 15) is 18.6 Å². The first kappa shape index (κ1) is 20.0. The second-order valence-electron chi connectivity index (χ2n) is 6.07. The van der Waals surface area contributed by atoms with E-state index in [0.29, 0.717) is 10.4 Å². The van der Waals surface area contributed by atoms with Crippen LogP contribution in [0.5, 0.6) is 0 Å². The molecule has 16 heteroatoms. The zero-order chi connectivity index (χ0) is 20.8. The number of aromatic nitrogens is 6. The average molecular weight is 444 g/mol. The Kier molecular flexibility index (Phi) is 5.15. The van der Waals surface area contributed by atoms with Crippen LogP contribution in [-0.4, -0.2) is 73.5 Å². The molecule has 0 amide bonds. The van der Waals surface area contributed by atoms with Crippen LogP contribution < -0.4 is 10.9 Å². The molecule has 156 valence electrons. The smallest absolute Gasteiger partial charge is 0.333 e. The zero-order valence-corrected chi connectivity index (χ0v) is 16.1. The van der Waals surface area contributed by atoms with Crippen LogP contribution in [0.2, 0.25) is 0 Å². The number of anilines is 1. The monoisotopic (exact) mass is 444 g/mol. The number of aromatic amines is 1. The van der Waals surface area contributed by atoms with Gasteiger partial charge < -0.3 is 20.7 Å². The van der Waals surface area contributed by atoms with Crippen LogP contribution >= 0.6 is 11.8 Å². The molecule has 0 aliphatic carbocycles. The van der Waals surface area contributed by atoms with Gasteiger partial charge >= 0.3 is 10.3 Å². The van der Waals surface area contributed by atoms with Crippen LogP contribution in [0.25, 0.3) is 11.0 Å². The van der Waals surface area contributed by atoms with Gasteiger partial charge in [0, 0.05) is 6.20 Å². The van der Waals surface area contributed by atoms with Crippen molar-refractivity contribution in [1.29, 1.82) is 0 Å². The SMILES string of the molecule is Nc1ncnc2c1c(Sc1cn[nH]c1)nn2[C@@H]1O[C@H](COS(N)(=O)=O)[C@@H](O)[C@H]1O. The van der Waals surface area contributed by atoms with Crippen molar-refractivity contribution in [1.82, 2.24) is 29.9 Å². The Morgan fingerprint density at radius 3 is 2.83 bits per heavy atom. The number of hydrogen-bond donors (Lipinski definition) is 5. The van der Waals surface area contributed by atoms with E-state index in [2.05, 4.69) is 29.4 Å². The Labute approximate surface area is 167 Å². The predicted molar refractivity (Wildman–Crippen MR) is 97.4 cm³/mol. The fraction of sp³-hybridized carbons (Fsp3) is 0.385. The first-order valence-electron chi connectivity index (χ1n) is 8.08. The van der Waals surface area contributed by atoms with Gasteiger partial charge in [0.1, 0.15) is 35.5 Å². The largest absolute Gasteiger partial charge is 0.387 e. The highest BCUT2D eigenvalue weighted by atomic mass is 32.2. The summed E-state index contributed by atoms with van der Waals surface area (Å²) in [6, 6.07) is 0. The van der Waals surface area contributed by atoms with E-state index < -0.39 is 41.5 Å². The number of aliphatic hydroxyl groups excluding tert-OH is 2. The second-order valence-corrected chi connectivity index (χ2v) is 8.35. The van der Waals surface area contributed by atoms with Gasteiger partial charge in [-0.1, -0.05) is 11.8 Å². The minimum atomic E-state index is -4.24. The molecule has 4 heterocycles. The van der Waals surface area contributed by atoms with Gasteiger partial charge in [-0.05, 0) is 0 Å². The van der Waals surface area contributed by atoms with E-state index in [1.807, 2.05) is 0 Å². The van der Waals surface area contributed by atoms with Crippen LogP contribution in [-0.2, 0) is 19.2 Å². The molecule has 0 radical (unpaired) electrons. The molecular formula is C13H16N8O6S2. The Morgan fingerprint density at radius 2 is 2.14 bits per heavy atom. The molecule has 1 aliphatic heterocycles. The molecule has 0 bridgehead atoms. The number of nitrogen functional groups attached to an aromatic ring is 1. The number of fused-ring (bicyclic) bond motifs is 1. The normalized spacial score (nSPS) is 25.1. The highest BCUT2D eigenvalue weighted by Gasteiger charge is 2.45.